The predicted molar refractivity (Wildman–Crippen MR) is 103 cm³/mol. The minimum absolute atomic E-state index is 0.280. The molecule has 0 aromatic heterocycles. The standard InChI is InChI=1S/C23H14O7/c1-12-15-7-3-9-17(19(15)22(25)27-12)28-13-5-2-6-14(11-13)29-18-10-4-8-16-20(18)23(26)30-21(16)24/h2-11,16,20H,1H2. The lowest BCUT2D eigenvalue weighted by atomic mass is 9.89. The summed E-state index contributed by atoms with van der Waals surface area (Å²) >= 11 is 0. The second-order valence-electron chi connectivity index (χ2n) is 6.87. The maximum Gasteiger partial charge on any atom is 0.348 e. The van der Waals surface area contributed by atoms with Gasteiger partial charge in [0, 0.05) is 11.6 Å². The van der Waals surface area contributed by atoms with Crippen molar-refractivity contribution in [3.8, 4) is 17.2 Å². The highest BCUT2D eigenvalue weighted by molar-refractivity contribution is 6.05. The highest BCUT2D eigenvalue weighted by Crippen LogP contribution is 2.39. The van der Waals surface area contributed by atoms with Crippen LogP contribution in [0.5, 0.6) is 17.2 Å². The summed E-state index contributed by atoms with van der Waals surface area (Å²) in [4.78, 5) is 35.9. The van der Waals surface area contributed by atoms with Crippen LogP contribution in [0.4, 0.5) is 0 Å². The Morgan fingerprint density at radius 1 is 0.900 bits per heavy atom. The summed E-state index contributed by atoms with van der Waals surface area (Å²) in [6.07, 6.45) is 4.90. The molecule has 2 aliphatic heterocycles. The molecule has 2 aromatic carbocycles. The van der Waals surface area contributed by atoms with Crippen molar-refractivity contribution < 1.29 is 33.3 Å². The first-order chi connectivity index (χ1) is 14.5. The van der Waals surface area contributed by atoms with Gasteiger partial charge in [-0.3, -0.25) is 9.59 Å². The quantitative estimate of drug-likeness (QED) is 0.568. The van der Waals surface area contributed by atoms with E-state index < -0.39 is 29.7 Å². The van der Waals surface area contributed by atoms with Crippen LogP contribution in [-0.4, -0.2) is 17.9 Å². The maximum absolute atomic E-state index is 12.1. The van der Waals surface area contributed by atoms with E-state index in [1.165, 1.54) is 0 Å². The molecule has 1 saturated heterocycles. The van der Waals surface area contributed by atoms with Gasteiger partial charge >= 0.3 is 17.9 Å². The molecule has 1 fully saturated rings. The van der Waals surface area contributed by atoms with Crippen LogP contribution >= 0.6 is 0 Å². The van der Waals surface area contributed by atoms with E-state index in [1.807, 2.05) is 0 Å². The van der Waals surface area contributed by atoms with E-state index in [1.54, 1.807) is 60.7 Å². The van der Waals surface area contributed by atoms with Gasteiger partial charge in [-0.05, 0) is 24.3 Å². The molecule has 0 N–H and O–H groups in total. The molecular formula is C23H14O7. The Hall–Kier alpha value is -4.13. The second kappa shape index (κ2) is 6.73. The number of allylic oxidation sites excluding steroid dienone is 2. The molecule has 5 rings (SSSR count). The fourth-order valence-corrected chi connectivity index (χ4v) is 3.61. The number of fused-ring (bicyclic) bond motifs is 2. The largest absolute Gasteiger partial charge is 0.461 e. The first kappa shape index (κ1) is 17.9. The van der Waals surface area contributed by atoms with E-state index >= 15 is 0 Å². The number of benzene rings is 2. The lowest BCUT2D eigenvalue weighted by Crippen LogP contribution is -2.23. The minimum Gasteiger partial charge on any atom is -0.461 e. The zero-order valence-electron chi connectivity index (χ0n) is 15.5. The van der Waals surface area contributed by atoms with Gasteiger partial charge in [0.1, 0.15) is 40.2 Å². The number of hydrogen-bond acceptors (Lipinski definition) is 7. The summed E-state index contributed by atoms with van der Waals surface area (Å²) in [6.45, 7) is 3.72. The van der Waals surface area contributed by atoms with Gasteiger partial charge in [-0.15, -0.1) is 0 Å². The topological polar surface area (TPSA) is 88.1 Å². The van der Waals surface area contributed by atoms with Crippen LogP contribution in [0.25, 0.3) is 5.76 Å². The molecule has 148 valence electrons. The van der Waals surface area contributed by atoms with E-state index in [9.17, 15) is 14.4 Å². The van der Waals surface area contributed by atoms with E-state index in [0.717, 1.165) is 0 Å². The summed E-state index contributed by atoms with van der Waals surface area (Å²) < 4.78 is 21.5. The first-order valence-electron chi connectivity index (χ1n) is 9.15. The summed E-state index contributed by atoms with van der Waals surface area (Å²) in [5.41, 5.74) is 0.892. The maximum atomic E-state index is 12.1. The molecule has 0 radical (unpaired) electrons. The van der Waals surface area contributed by atoms with Crippen molar-refractivity contribution in [2.24, 2.45) is 11.8 Å². The van der Waals surface area contributed by atoms with Gasteiger partial charge in [0.15, 0.2) is 0 Å². The highest BCUT2D eigenvalue weighted by atomic mass is 16.6. The molecule has 3 aliphatic rings. The lowest BCUT2D eigenvalue weighted by Gasteiger charge is -2.18. The molecule has 0 bridgehead atoms. The van der Waals surface area contributed by atoms with E-state index in [4.69, 9.17) is 18.9 Å². The van der Waals surface area contributed by atoms with Gasteiger partial charge in [-0.1, -0.05) is 36.9 Å². The van der Waals surface area contributed by atoms with Crippen molar-refractivity contribution in [2.75, 3.05) is 0 Å². The molecule has 2 aromatic rings. The van der Waals surface area contributed by atoms with Crippen molar-refractivity contribution in [1.29, 1.82) is 0 Å². The summed E-state index contributed by atoms with van der Waals surface area (Å²) in [5.74, 6) is -1.47. The summed E-state index contributed by atoms with van der Waals surface area (Å²) in [5, 5.41) is 0. The molecule has 0 spiro atoms. The minimum atomic E-state index is -0.801. The third-order valence-corrected chi connectivity index (χ3v) is 4.99. The number of esters is 3. The second-order valence-corrected chi connectivity index (χ2v) is 6.87. The fourth-order valence-electron chi connectivity index (χ4n) is 3.61. The number of carbonyl (C=O) groups is 3. The van der Waals surface area contributed by atoms with Gasteiger partial charge in [0.05, 0.1) is 5.92 Å². The molecule has 7 heteroatoms. The zero-order valence-corrected chi connectivity index (χ0v) is 15.5. The van der Waals surface area contributed by atoms with Crippen LogP contribution in [0.1, 0.15) is 15.9 Å². The fraction of sp³-hybridized carbons (Fsp3) is 0.0870. The van der Waals surface area contributed by atoms with Crippen molar-refractivity contribution in [1.82, 2.24) is 0 Å². The Morgan fingerprint density at radius 2 is 1.67 bits per heavy atom. The molecule has 2 atom stereocenters. The lowest BCUT2D eigenvalue weighted by molar-refractivity contribution is -0.153. The Morgan fingerprint density at radius 3 is 2.50 bits per heavy atom. The van der Waals surface area contributed by atoms with Crippen LogP contribution in [0.15, 0.2) is 73.0 Å². The smallest absolute Gasteiger partial charge is 0.348 e. The van der Waals surface area contributed by atoms with Gasteiger partial charge < -0.3 is 18.9 Å². The van der Waals surface area contributed by atoms with Crippen molar-refractivity contribution in [2.45, 2.75) is 0 Å². The Balaban J connectivity index is 1.40. The third kappa shape index (κ3) is 2.88. The van der Waals surface area contributed by atoms with E-state index in [-0.39, 0.29) is 5.76 Å². The van der Waals surface area contributed by atoms with Crippen LogP contribution < -0.4 is 9.47 Å². The van der Waals surface area contributed by atoms with Gasteiger partial charge in [-0.25, -0.2) is 4.79 Å². The first-order valence-corrected chi connectivity index (χ1v) is 9.15. The molecule has 1 aliphatic carbocycles. The SMILES string of the molecule is C=C1OC(=O)c2c(Oc3cccc(OC4=CC=CC5C(=O)OC(=O)C45)c3)cccc21. The molecule has 30 heavy (non-hydrogen) atoms. The Labute approximate surface area is 170 Å². The average molecular weight is 402 g/mol. The van der Waals surface area contributed by atoms with E-state index in [2.05, 4.69) is 6.58 Å². The monoisotopic (exact) mass is 402 g/mol. The molecule has 0 saturated carbocycles. The van der Waals surface area contributed by atoms with Gasteiger partial charge in [0.25, 0.3) is 0 Å². The summed E-state index contributed by atoms with van der Waals surface area (Å²) in [6, 6.07) is 11.8. The van der Waals surface area contributed by atoms with Crippen molar-refractivity contribution in [3.63, 3.8) is 0 Å². The zero-order chi connectivity index (χ0) is 20.8. The number of ether oxygens (including phenoxy) is 4. The molecular weight excluding hydrogens is 388 g/mol. The molecule has 2 heterocycles. The highest BCUT2D eigenvalue weighted by Gasteiger charge is 2.47. The Bertz CT molecular complexity index is 1190. The van der Waals surface area contributed by atoms with Gasteiger partial charge in [-0.2, -0.15) is 0 Å². The molecule has 7 nitrogen and oxygen atoms in total. The molecule has 0 amide bonds. The summed E-state index contributed by atoms with van der Waals surface area (Å²) in [7, 11) is 0. The van der Waals surface area contributed by atoms with Crippen LogP contribution in [-0.2, 0) is 19.1 Å². The number of carbonyl (C=O) groups excluding carboxylic acids is 3. The average Bonchev–Trinajstić information content (AvgIpc) is 3.19. The number of cyclic esters (lactones) is 3. The molecule has 2 unspecified atom stereocenters. The number of rotatable bonds is 4. The van der Waals surface area contributed by atoms with Crippen LogP contribution in [0, 0.1) is 11.8 Å². The third-order valence-electron chi connectivity index (χ3n) is 4.99. The normalized spacial score (nSPS) is 21.5. The van der Waals surface area contributed by atoms with Crippen LogP contribution in [0.3, 0.4) is 0 Å². The van der Waals surface area contributed by atoms with Crippen LogP contribution in [0.2, 0.25) is 0 Å². The Kier molecular flexibility index (Phi) is 4.03. The van der Waals surface area contributed by atoms with E-state index in [0.29, 0.717) is 34.1 Å². The number of hydrogen-bond donors (Lipinski definition) is 0. The van der Waals surface area contributed by atoms with Gasteiger partial charge in [0.2, 0.25) is 0 Å². The van der Waals surface area contributed by atoms with Crippen molar-refractivity contribution in [3.05, 3.63) is 84.2 Å². The predicted octanol–water partition coefficient (Wildman–Crippen LogP) is 3.77. The van der Waals surface area contributed by atoms with Crippen molar-refractivity contribution >= 4 is 23.7 Å².